The van der Waals surface area contributed by atoms with Crippen LogP contribution in [0.25, 0.3) is 0 Å². The lowest BCUT2D eigenvalue weighted by Gasteiger charge is -2.34. The molecule has 1 saturated heterocycles. The van der Waals surface area contributed by atoms with Crippen LogP contribution in [-0.4, -0.2) is 54.5 Å². The maximum absolute atomic E-state index is 10.9. The van der Waals surface area contributed by atoms with Gasteiger partial charge in [-0.05, 0) is 24.6 Å². The Kier molecular flexibility index (Phi) is 5.52. The zero-order valence-corrected chi connectivity index (χ0v) is 12.8. The van der Waals surface area contributed by atoms with Crippen molar-refractivity contribution in [3.63, 3.8) is 0 Å². The molecule has 1 heterocycles. The summed E-state index contributed by atoms with van der Waals surface area (Å²) in [4.78, 5) is 15.5. The largest absolute Gasteiger partial charge is 0.383 e. The van der Waals surface area contributed by atoms with E-state index < -0.39 is 0 Å². The minimum Gasteiger partial charge on any atom is -0.383 e. The van der Waals surface area contributed by atoms with Crippen molar-refractivity contribution in [1.82, 2.24) is 9.80 Å². The highest BCUT2D eigenvalue weighted by Gasteiger charge is 2.18. The van der Waals surface area contributed by atoms with Crippen LogP contribution in [0, 0.1) is 10.1 Å². The quantitative estimate of drug-likeness (QED) is 0.643. The van der Waals surface area contributed by atoms with E-state index in [0.29, 0.717) is 5.69 Å². The van der Waals surface area contributed by atoms with E-state index in [0.717, 1.165) is 38.3 Å². The lowest BCUT2D eigenvalue weighted by Crippen LogP contribution is -2.45. The minimum atomic E-state index is -0.348. The highest BCUT2D eigenvalue weighted by atomic mass is 16.6. The standard InChI is InChI=1S/C15H24N4O2/c1-3-6-17-7-9-18(10-8-17)12-13-4-5-15(19(20)21)14(11-13)16-2/h4-5,11,16H,3,6-10,12H2,1-2H3. The highest BCUT2D eigenvalue weighted by molar-refractivity contribution is 5.62. The minimum absolute atomic E-state index is 0.133. The Morgan fingerprint density at radius 2 is 1.90 bits per heavy atom. The van der Waals surface area contributed by atoms with Crippen molar-refractivity contribution in [2.75, 3.05) is 45.1 Å². The molecule has 1 N–H and O–H groups in total. The molecule has 1 aliphatic rings. The molecular weight excluding hydrogens is 268 g/mol. The summed E-state index contributed by atoms with van der Waals surface area (Å²) in [5.74, 6) is 0. The van der Waals surface area contributed by atoms with Gasteiger partial charge >= 0.3 is 0 Å². The molecule has 116 valence electrons. The van der Waals surface area contributed by atoms with Crippen molar-refractivity contribution in [1.29, 1.82) is 0 Å². The van der Waals surface area contributed by atoms with Crippen LogP contribution in [0.2, 0.25) is 0 Å². The normalized spacial score (nSPS) is 16.9. The molecule has 0 unspecified atom stereocenters. The number of benzene rings is 1. The van der Waals surface area contributed by atoms with Crippen LogP contribution in [0.3, 0.4) is 0 Å². The summed E-state index contributed by atoms with van der Waals surface area (Å²) >= 11 is 0. The van der Waals surface area contributed by atoms with Gasteiger partial charge in [0.15, 0.2) is 0 Å². The van der Waals surface area contributed by atoms with Gasteiger partial charge in [-0.1, -0.05) is 13.0 Å². The lowest BCUT2D eigenvalue weighted by atomic mass is 10.1. The first kappa shape index (κ1) is 15.7. The Hall–Kier alpha value is -1.66. The van der Waals surface area contributed by atoms with E-state index in [-0.39, 0.29) is 10.6 Å². The van der Waals surface area contributed by atoms with Gasteiger partial charge in [0.25, 0.3) is 5.69 Å². The van der Waals surface area contributed by atoms with Gasteiger partial charge in [0.1, 0.15) is 5.69 Å². The van der Waals surface area contributed by atoms with Gasteiger partial charge < -0.3 is 10.2 Å². The molecule has 1 aromatic carbocycles. The molecule has 0 saturated carbocycles. The zero-order chi connectivity index (χ0) is 15.2. The molecule has 2 rings (SSSR count). The molecular formula is C15H24N4O2. The molecule has 6 heteroatoms. The molecule has 0 aliphatic carbocycles. The fourth-order valence-electron chi connectivity index (χ4n) is 2.79. The number of nitro groups is 1. The number of piperazine rings is 1. The Morgan fingerprint density at radius 1 is 1.24 bits per heavy atom. The molecule has 0 atom stereocenters. The average Bonchev–Trinajstić information content (AvgIpc) is 2.49. The number of hydrogen-bond donors (Lipinski definition) is 1. The molecule has 1 aromatic rings. The van der Waals surface area contributed by atoms with E-state index in [9.17, 15) is 10.1 Å². The van der Waals surface area contributed by atoms with Crippen molar-refractivity contribution < 1.29 is 4.92 Å². The molecule has 0 bridgehead atoms. The van der Waals surface area contributed by atoms with E-state index in [2.05, 4.69) is 22.0 Å². The summed E-state index contributed by atoms with van der Waals surface area (Å²) in [6.07, 6.45) is 1.20. The molecule has 21 heavy (non-hydrogen) atoms. The summed E-state index contributed by atoms with van der Waals surface area (Å²) in [7, 11) is 1.72. The maximum atomic E-state index is 10.9. The first-order chi connectivity index (χ1) is 10.1. The van der Waals surface area contributed by atoms with E-state index in [4.69, 9.17) is 0 Å². The van der Waals surface area contributed by atoms with Gasteiger partial charge in [-0.25, -0.2) is 0 Å². The molecule has 6 nitrogen and oxygen atoms in total. The second kappa shape index (κ2) is 7.38. The first-order valence-electron chi connectivity index (χ1n) is 7.53. The van der Waals surface area contributed by atoms with Gasteiger partial charge in [0.05, 0.1) is 4.92 Å². The first-order valence-corrected chi connectivity index (χ1v) is 7.53. The molecule has 0 aromatic heterocycles. The number of anilines is 1. The van der Waals surface area contributed by atoms with Crippen LogP contribution in [0.1, 0.15) is 18.9 Å². The zero-order valence-electron chi connectivity index (χ0n) is 12.8. The van der Waals surface area contributed by atoms with Gasteiger partial charge in [-0.2, -0.15) is 0 Å². The summed E-state index contributed by atoms with van der Waals surface area (Å²) < 4.78 is 0. The topological polar surface area (TPSA) is 61.7 Å². The van der Waals surface area contributed by atoms with Crippen molar-refractivity contribution in [3.8, 4) is 0 Å². The van der Waals surface area contributed by atoms with Gasteiger partial charge in [-0.15, -0.1) is 0 Å². The molecule has 1 aliphatic heterocycles. The van der Waals surface area contributed by atoms with E-state index >= 15 is 0 Å². The van der Waals surface area contributed by atoms with Gasteiger partial charge in [0, 0.05) is 45.8 Å². The van der Waals surface area contributed by atoms with Crippen LogP contribution >= 0.6 is 0 Å². The summed E-state index contributed by atoms with van der Waals surface area (Å²) in [6.45, 7) is 8.58. The van der Waals surface area contributed by atoms with Crippen molar-refractivity contribution in [2.45, 2.75) is 19.9 Å². The third-order valence-electron chi connectivity index (χ3n) is 3.94. The summed E-state index contributed by atoms with van der Waals surface area (Å²) in [5, 5.41) is 13.8. The molecule has 1 fully saturated rings. The van der Waals surface area contributed by atoms with Crippen LogP contribution in [-0.2, 0) is 6.54 Å². The van der Waals surface area contributed by atoms with Gasteiger partial charge in [0.2, 0.25) is 0 Å². The van der Waals surface area contributed by atoms with Crippen LogP contribution in [0.4, 0.5) is 11.4 Å². The number of hydrogen-bond acceptors (Lipinski definition) is 5. The average molecular weight is 292 g/mol. The molecule has 0 spiro atoms. The monoisotopic (exact) mass is 292 g/mol. The Labute approximate surface area is 125 Å². The van der Waals surface area contributed by atoms with E-state index in [1.165, 1.54) is 13.0 Å². The molecule has 0 radical (unpaired) electrons. The number of rotatable bonds is 6. The summed E-state index contributed by atoms with van der Waals surface area (Å²) in [5.41, 5.74) is 1.84. The Balaban J connectivity index is 1.96. The summed E-state index contributed by atoms with van der Waals surface area (Å²) in [6, 6.07) is 5.34. The third-order valence-corrected chi connectivity index (χ3v) is 3.94. The highest BCUT2D eigenvalue weighted by Crippen LogP contribution is 2.25. The number of nitrogens with zero attached hydrogens (tertiary/aromatic N) is 3. The van der Waals surface area contributed by atoms with Crippen molar-refractivity contribution >= 4 is 11.4 Å². The van der Waals surface area contributed by atoms with E-state index in [1.54, 1.807) is 13.1 Å². The molecule has 0 amide bonds. The fourth-order valence-corrected chi connectivity index (χ4v) is 2.79. The van der Waals surface area contributed by atoms with E-state index in [1.807, 2.05) is 12.1 Å². The second-order valence-corrected chi connectivity index (χ2v) is 5.48. The smallest absolute Gasteiger partial charge is 0.292 e. The number of nitro benzene ring substituents is 1. The second-order valence-electron chi connectivity index (χ2n) is 5.48. The van der Waals surface area contributed by atoms with Crippen LogP contribution in [0.5, 0.6) is 0 Å². The predicted molar refractivity (Wildman–Crippen MR) is 84.7 cm³/mol. The fraction of sp³-hybridized carbons (Fsp3) is 0.600. The van der Waals surface area contributed by atoms with Crippen LogP contribution in [0.15, 0.2) is 18.2 Å². The lowest BCUT2D eigenvalue weighted by molar-refractivity contribution is -0.384. The number of nitrogens with one attached hydrogen (secondary N) is 1. The van der Waals surface area contributed by atoms with Gasteiger partial charge in [-0.3, -0.25) is 15.0 Å². The third kappa shape index (κ3) is 4.15. The predicted octanol–water partition coefficient (Wildman–Crippen LogP) is 2.16. The van der Waals surface area contributed by atoms with Crippen LogP contribution < -0.4 is 5.32 Å². The Morgan fingerprint density at radius 3 is 2.48 bits per heavy atom. The van der Waals surface area contributed by atoms with Crippen molar-refractivity contribution in [2.24, 2.45) is 0 Å². The van der Waals surface area contributed by atoms with Crippen molar-refractivity contribution in [3.05, 3.63) is 33.9 Å². The maximum Gasteiger partial charge on any atom is 0.292 e. The Bertz CT molecular complexity index is 485. The SMILES string of the molecule is CCCN1CCN(Cc2ccc([N+](=O)[O-])c(NC)c2)CC1.